The Hall–Kier alpha value is -3.16. The summed E-state index contributed by atoms with van der Waals surface area (Å²) in [4.78, 5) is 35.6. The Labute approximate surface area is 157 Å². The van der Waals surface area contributed by atoms with Crippen LogP contribution in [0.5, 0.6) is 0 Å². The maximum atomic E-state index is 12.4. The van der Waals surface area contributed by atoms with Crippen molar-refractivity contribution in [3.8, 4) is 5.69 Å². The van der Waals surface area contributed by atoms with E-state index >= 15 is 0 Å². The predicted octanol–water partition coefficient (Wildman–Crippen LogP) is 2.27. The molecule has 0 atom stereocenters. The van der Waals surface area contributed by atoms with Crippen LogP contribution in [-0.2, 0) is 9.53 Å². The first-order valence-corrected chi connectivity index (χ1v) is 8.80. The second kappa shape index (κ2) is 9.51. The highest BCUT2D eigenvalue weighted by atomic mass is 16.5. The van der Waals surface area contributed by atoms with Crippen LogP contribution in [0.1, 0.15) is 41.5 Å². The Bertz CT molecular complexity index is 815. The Morgan fingerprint density at radius 1 is 1.15 bits per heavy atom. The van der Waals surface area contributed by atoms with E-state index in [-0.39, 0.29) is 0 Å². The second-order valence-electron chi connectivity index (χ2n) is 6.03. The van der Waals surface area contributed by atoms with Gasteiger partial charge in [-0.2, -0.15) is 5.10 Å². The third kappa shape index (κ3) is 5.40. The highest BCUT2D eigenvalue weighted by Crippen LogP contribution is 2.18. The van der Waals surface area contributed by atoms with Crippen LogP contribution < -0.4 is 10.6 Å². The van der Waals surface area contributed by atoms with Gasteiger partial charge in [-0.25, -0.2) is 14.3 Å². The number of imide groups is 1. The number of aryl methyl sites for hydroxylation is 1. The average molecular weight is 372 g/mol. The van der Waals surface area contributed by atoms with Gasteiger partial charge in [0, 0.05) is 6.54 Å². The van der Waals surface area contributed by atoms with Crippen LogP contribution in [0, 0.1) is 13.8 Å². The first kappa shape index (κ1) is 20.2. The normalized spacial score (nSPS) is 10.3. The second-order valence-corrected chi connectivity index (χ2v) is 6.03. The lowest BCUT2D eigenvalue weighted by atomic mass is 10.2. The van der Waals surface area contributed by atoms with Crippen LogP contribution in [0.4, 0.5) is 4.79 Å². The average Bonchev–Trinajstić information content (AvgIpc) is 2.95. The van der Waals surface area contributed by atoms with Gasteiger partial charge in [0.15, 0.2) is 6.61 Å². The van der Waals surface area contributed by atoms with Crippen LogP contribution in [-0.4, -0.2) is 40.8 Å². The fourth-order valence-corrected chi connectivity index (χ4v) is 2.55. The van der Waals surface area contributed by atoms with Gasteiger partial charge in [0.2, 0.25) is 0 Å². The third-order valence-electron chi connectivity index (χ3n) is 3.90. The lowest BCUT2D eigenvalue weighted by molar-refractivity contribution is -0.123. The number of aromatic nitrogens is 2. The number of unbranched alkanes of at least 4 members (excludes halogenated alkanes) is 1. The molecular weight excluding hydrogens is 348 g/mol. The first-order valence-electron chi connectivity index (χ1n) is 8.80. The van der Waals surface area contributed by atoms with E-state index in [9.17, 15) is 14.4 Å². The molecular formula is C19H24N4O4. The lowest BCUT2D eigenvalue weighted by Gasteiger charge is -2.08. The van der Waals surface area contributed by atoms with Gasteiger partial charge in [0.25, 0.3) is 5.91 Å². The molecule has 144 valence electrons. The highest BCUT2D eigenvalue weighted by molar-refractivity contribution is 5.97. The van der Waals surface area contributed by atoms with E-state index in [1.807, 2.05) is 37.3 Å². The fraction of sp³-hybridized carbons (Fsp3) is 0.368. The molecule has 3 amide bonds. The largest absolute Gasteiger partial charge is 0.452 e. The number of rotatable bonds is 7. The molecule has 0 aliphatic heterocycles. The molecule has 27 heavy (non-hydrogen) atoms. The van der Waals surface area contributed by atoms with E-state index < -0.39 is 24.5 Å². The van der Waals surface area contributed by atoms with Gasteiger partial charge in [-0.1, -0.05) is 31.5 Å². The predicted molar refractivity (Wildman–Crippen MR) is 99.8 cm³/mol. The van der Waals surface area contributed by atoms with Crippen molar-refractivity contribution >= 4 is 17.9 Å². The quantitative estimate of drug-likeness (QED) is 0.573. The Balaban J connectivity index is 1.96. The number of benzene rings is 1. The molecule has 8 nitrogen and oxygen atoms in total. The minimum absolute atomic E-state index is 0.305. The van der Waals surface area contributed by atoms with Crippen molar-refractivity contribution in [1.82, 2.24) is 20.4 Å². The highest BCUT2D eigenvalue weighted by Gasteiger charge is 2.21. The van der Waals surface area contributed by atoms with E-state index in [2.05, 4.69) is 15.7 Å². The molecule has 1 heterocycles. The van der Waals surface area contributed by atoms with Crippen molar-refractivity contribution in [1.29, 1.82) is 0 Å². The van der Waals surface area contributed by atoms with Crippen LogP contribution in [0.2, 0.25) is 0 Å². The fourth-order valence-electron chi connectivity index (χ4n) is 2.55. The molecule has 0 aliphatic rings. The molecule has 0 saturated carbocycles. The summed E-state index contributed by atoms with van der Waals surface area (Å²) in [5, 5.41) is 9.04. The van der Waals surface area contributed by atoms with Crippen LogP contribution in [0.25, 0.3) is 5.69 Å². The van der Waals surface area contributed by atoms with Crippen molar-refractivity contribution < 1.29 is 19.1 Å². The summed E-state index contributed by atoms with van der Waals surface area (Å²) >= 11 is 0. The number of hydrogen-bond acceptors (Lipinski definition) is 5. The van der Waals surface area contributed by atoms with E-state index in [0.717, 1.165) is 18.5 Å². The topological polar surface area (TPSA) is 102 Å². The van der Waals surface area contributed by atoms with Gasteiger partial charge < -0.3 is 10.1 Å². The van der Waals surface area contributed by atoms with Crippen LogP contribution in [0.15, 0.2) is 30.3 Å². The van der Waals surface area contributed by atoms with Crippen molar-refractivity contribution in [2.45, 2.75) is 33.6 Å². The van der Waals surface area contributed by atoms with E-state index in [1.165, 1.54) is 0 Å². The molecule has 0 fully saturated rings. The smallest absolute Gasteiger partial charge is 0.342 e. The molecule has 0 aliphatic carbocycles. The number of nitrogens with zero attached hydrogens (tertiary/aromatic N) is 2. The zero-order chi connectivity index (χ0) is 19.8. The van der Waals surface area contributed by atoms with Gasteiger partial charge in [0.1, 0.15) is 5.56 Å². The monoisotopic (exact) mass is 372 g/mol. The number of ether oxygens (including phenoxy) is 1. The van der Waals surface area contributed by atoms with Gasteiger partial charge in [0.05, 0.1) is 17.1 Å². The Kier molecular flexibility index (Phi) is 7.10. The lowest BCUT2D eigenvalue weighted by Crippen LogP contribution is -2.41. The van der Waals surface area contributed by atoms with Gasteiger partial charge in [-0.15, -0.1) is 0 Å². The van der Waals surface area contributed by atoms with Crippen molar-refractivity contribution in [3.63, 3.8) is 0 Å². The maximum Gasteiger partial charge on any atom is 0.342 e. The van der Waals surface area contributed by atoms with Gasteiger partial charge in [-0.05, 0) is 32.4 Å². The molecule has 0 bridgehead atoms. The van der Waals surface area contributed by atoms with Crippen molar-refractivity contribution in [2.75, 3.05) is 13.2 Å². The molecule has 1 aromatic carbocycles. The Morgan fingerprint density at radius 3 is 2.52 bits per heavy atom. The molecule has 0 spiro atoms. The molecule has 8 heteroatoms. The molecule has 1 aromatic heterocycles. The number of carbonyl (C=O) groups excluding carboxylic acids is 3. The molecule has 0 unspecified atom stereocenters. The van der Waals surface area contributed by atoms with Crippen LogP contribution >= 0.6 is 0 Å². The van der Waals surface area contributed by atoms with E-state index in [1.54, 1.807) is 18.5 Å². The number of esters is 1. The van der Waals surface area contributed by atoms with Crippen molar-refractivity contribution in [3.05, 3.63) is 47.3 Å². The maximum absolute atomic E-state index is 12.4. The number of urea groups is 1. The zero-order valence-electron chi connectivity index (χ0n) is 15.7. The number of para-hydroxylation sites is 1. The van der Waals surface area contributed by atoms with Crippen molar-refractivity contribution in [2.24, 2.45) is 0 Å². The SMILES string of the molecule is CCCCNC(=O)NC(=O)COC(=O)c1c(C)nn(-c2ccccc2)c1C. The summed E-state index contributed by atoms with van der Waals surface area (Å²) in [5.74, 6) is -1.35. The van der Waals surface area contributed by atoms with Crippen LogP contribution in [0.3, 0.4) is 0 Å². The minimum Gasteiger partial charge on any atom is -0.452 e. The zero-order valence-corrected chi connectivity index (χ0v) is 15.7. The summed E-state index contributed by atoms with van der Waals surface area (Å²) < 4.78 is 6.69. The molecule has 2 aromatic rings. The molecule has 0 saturated heterocycles. The molecule has 0 radical (unpaired) electrons. The summed E-state index contributed by atoms with van der Waals surface area (Å²) in [6, 6.07) is 8.78. The van der Waals surface area contributed by atoms with Gasteiger partial charge >= 0.3 is 12.0 Å². The summed E-state index contributed by atoms with van der Waals surface area (Å²) in [6.45, 7) is 5.38. The standard InChI is InChI=1S/C19H24N4O4/c1-4-5-11-20-19(26)21-16(24)12-27-18(25)17-13(2)22-23(14(17)3)15-9-7-6-8-10-15/h6-10H,4-5,11-12H2,1-3H3,(H2,20,21,24,26). The molecule has 2 N–H and O–H groups in total. The number of nitrogens with one attached hydrogen (secondary N) is 2. The number of carbonyl (C=O) groups is 3. The first-order chi connectivity index (χ1) is 12.9. The Morgan fingerprint density at radius 2 is 1.85 bits per heavy atom. The van der Waals surface area contributed by atoms with E-state index in [0.29, 0.717) is 23.5 Å². The van der Waals surface area contributed by atoms with E-state index in [4.69, 9.17) is 4.74 Å². The summed E-state index contributed by atoms with van der Waals surface area (Å²) in [6.07, 6.45) is 1.75. The number of amides is 3. The molecule has 2 rings (SSSR count). The number of hydrogen-bond donors (Lipinski definition) is 2. The van der Waals surface area contributed by atoms with Gasteiger partial charge in [-0.3, -0.25) is 10.1 Å². The third-order valence-corrected chi connectivity index (χ3v) is 3.90. The summed E-state index contributed by atoms with van der Waals surface area (Å²) in [7, 11) is 0. The summed E-state index contributed by atoms with van der Waals surface area (Å²) in [5.41, 5.74) is 2.23. The minimum atomic E-state index is -0.692.